The molecule has 13 heteroatoms. The second-order valence-electron chi connectivity index (χ2n) is 9.60. The summed E-state index contributed by atoms with van der Waals surface area (Å²) < 4.78 is 45.0. The van der Waals surface area contributed by atoms with Gasteiger partial charge in [-0.05, 0) is 45.4 Å². The second kappa shape index (κ2) is 9.37. The van der Waals surface area contributed by atoms with E-state index in [1.54, 1.807) is 19.3 Å². The summed E-state index contributed by atoms with van der Waals surface area (Å²) in [7, 11) is 1.66. The molecule has 1 aliphatic heterocycles. The van der Waals surface area contributed by atoms with Gasteiger partial charge in [-0.1, -0.05) is 0 Å². The fourth-order valence-corrected chi connectivity index (χ4v) is 4.01. The molecule has 0 bridgehead atoms. The number of phenols is 1. The number of halogens is 3. The average molecular weight is 506 g/mol. The SMILES string of the molecule is Cn1ccc(-c2cc(O)c(-c3cnc(N4CCC(NC(C)(C)C)C4)nn3)c(OC(=O)C(F)(F)F)c2)n1. The molecule has 0 saturated carbocycles. The van der Waals surface area contributed by atoms with Crippen molar-refractivity contribution in [2.24, 2.45) is 7.05 Å². The number of esters is 1. The molecule has 192 valence electrons. The van der Waals surface area contributed by atoms with Crippen LogP contribution in [0.3, 0.4) is 0 Å². The Labute approximate surface area is 205 Å². The van der Waals surface area contributed by atoms with Crippen LogP contribution in [0, 0.1) is 0 Å². The summed E-state index contributed by atoms with van der Waals surface area (Å²) in [5.41, 5.74) is 0.252. The maximum Gasteiger partial charge on any atom is 0.491 e. The van der Waals surface area contributed by atoms with Crippen LogP contribution in [0.5, 0.6) is 11.5 Å². The van der Waals surface area contributed by atoms with Crippen molar-refractivity contribution < 1.29 is 27.8 Å². The van der Waals surface area contributed by atoms with E-state index >= 15 is 0 Å². The zero-order chi connectivity index (χ0) is 26.3. The smallest absolute Gasteiger partial charge is 0.491 e. The number of aryl methyl sites for hydroxylation is 1. The second-order valence-corrected chi connectivity index (χ2v) is 9.60. The number of nitrogens with one attached hydrogen (secondary N) is 1. The lowest BCUT2D eigenvalue weighted by Crippen LogP contribution is -2.45. The zero-order valence-corrected chi connectivity index (χ0v) is 20.2. The van der Waals surface area contributed by atoms with Gasteiger partial charge in [0.2, 0.25) is 5.95 Å². The molecule has 1 saturated heterocycles. The number of nitrogens with zero attached hydrogens (tertiary/aromatic N) is 6. The topological polar surface area (TPSA) is 118 Å². The highest BCUT2D eigenvalue weighted by atomic mass is 19.4. The number of aromatic hydroxyl groups is 1. The molecular weight excluding hydrogens is 479 g/mol. The summed E-state index contributed by atoms with van der Waals surface area (Å²) >= 11 is 0. The summed E-state index contributed by atoms with van der Waals surface area (Å²) in [6.07, 6.45) is -1.46. The van der Waals surface area contributed by atoms with Crippen molar-refractivity contribution in [3.05, 3.63) is 30.6 Å². The Kier molecular flexibility index (Phi) is 6.60. The van der Waals surface area contributed by atoms with Crippen LogP contribution in [0.1, 0.15) is 27.2 Å². The number of rotatable bonds is 5. The lowest BCUT2D eigenvalue weighted by atomic mass is 10.0. The molecule has 0 aliphatic carbocycles. The Hall–Kier alpha value is -3.74. The van der Waals surface area contributed by atoms with Gasteiger partial charge in [-0.2, -0.15) is 18.3 Å². The lowest BCUT2D eigenvalue weighted by molar-refractivity contribution is -0.189. The molecule has 2 aromatic heterocycles. The number of carbonyl (C=O) groups is 1. The predicted octanol–water partition coefficient (Wildman–Crippen LogP) is 3.08. The van der Waals surface area contributed by atoms with Crippen LogP contribution < -0.4 is 15.0 Å². The van der Waals surface area contributed by atoms with Crippen LogP contribution in [0.15, 0.2) is 30.6 Å². The van der Waals surface area contributed by atoms with Crippen LogP contribution >= 0.6 is 0 Å². The van der Waals surface area contributed by atoms with Crippen molar-refractivity contribution >= 4 is 11.9 Å². The molecule has 0 radical (unpaired) electrons. The minimum atomic E-state index is -5.24. The number of carbonyl (C=O) groups excluding carboxylic acids is 1. The molecule has 3 heterocycles. The average Bonchev–Trinajstić information content (AvgIpc) is 3.41. The van der Waals surface area contributed by atoms with Gasteiger partial charge in [0.05, 0.1) is 17.5 Å². The van der Waals surface area contributed by atoms with Gasteiger partial charge in [0.25, 0.3) is 0 Å². The number of hydrogen-bond donors (Lipinski definition) is 2. The molecule has 1 unspecified atom stereocenters. The van der Waals surface area contributed by atoms with Crippen molar-refractivity contribution in [1.82, 2.24) is 30.3 Å². The van der Waals surface area contributed by atoms with Gasteiger partial charge in [-0.25, -0.2) is 9.78 Å². The molecule has 2 N–H and O–H groups in total. The normalized spacial score (nSPS) is 16.4. The van der Waals surface area contributed by atoms with Crippen molar-refractivity contribution in [2.45, 2.75) is 44.9 Å². The van der Waals surface area contributed by atoms with E-state index in [4.69, 9.17) is 0 Å². The van der Waals surface area contributed by atoms with Gasteiger partial charge >= 0.3 is 12.1 Å². The van der Waals surface area contributed by atoms with Crippen LogP contribution in [0.2, 0.25) is 0 Å². The van der Waals surface area contributed by atoms with Crippen LogP contribution in [0.4, 0.5) is 19.1 Å². The van der Waals surface area contributed by atoms with E-state index in [1.807, 2.05) is 4.90 Å². The number of alkyl halides is 3. The van der Waals surface area contributed by atoms with E-state index in [9.17, 15) is 23.1 Å². The molecule has 4 rings (SSSR count). The Balaban J connectivity index is 1.65. The third kappa shape index (κ3) is 5.73. The molecule has 1 atom stereocenters. The van der Waals surface area contributed by atoms with Gasteiger partial charge in [0.15, 0.2) is 0 Å². The van der Waals surface area contributed by atoms with E-state index in [0.717, 1.165) is 6.42 Å². The third-order valence-corrected chi connectivity index (χ3v) is 5.44. The summed E-state index contributed by atoms with van der Waals surface area (Å²) in [5, 5.41) is 26.6. The lowest BCUT2D eigenvalue weighted by Gasteiger charge is -2.25. The summed E-state index contributed by atoms with van der Waals surface area (Å²) in [5.74, 6) is -3.11. The number of benzene rings is 1. The quantitative estimate of drug-likeness (QED) is 0.398. The summed E-state index contributed by atoms with van der Waals surface area (Å²) in [6.45, 7) is 7.61. The molecule has 1 aliphatic rings. The van der Waals surface area contributed by atoms with Crippen LogP contribution in [0.25, 0.3) is 22.5 Å². The molecule has 3 aromatic rings. The maximum atomic E-state index is 13.0. The Morgan fingerprint density at radius 2 is 1.94 bits per heavy atom. The highest BCUT2D eigenvalue weighted by Gasteiger charge is 2.42. The Bertz CT molecular complexity index is 1250. The standard InChI is InChI=1S/C23H26F3N7O3/c1-22(2,3)28-14-5-8-33(12-14)21-27-11-16(29-30-21)19-17(34)9-13(15-6-7-32(4)31-15)10-18(19)36-20(35)23(24,25)26/h6-7,9-11,14,28,34H,5,8,12H2,1-4H3. The maximum absolute atomic E-state index is 13.0. The van der Waals surface area contributed by atoms with Crippen LogP contribution in [-0.4, -0.2) is 66.9 Å². The highest BCUT2D eigenvalue weighted by molar-refractivity contribution is 5.85. The van der Waals surface area contributed by atoms with E-state index < -0.39 is 23.6 Å². The summed E-state index contributed by atoms with van der Waals surface area (Å²) in [6, 6.07) is 4.31. The van der Waals surface area contributed by atoms with Gasteiger partial charge < -0.3 is 20.1 Å². The van der Waals surface area contributed by atoms with Crippen LogP contribution in [-0.2, 0) is 11.8 Å². The zero-order valence-electron chi connectivity index (χ0n) is 20.2. The molecular formula is C23H26F3N7O3. The number of ether oxygens (including phenoxy) is 1. The number of hydrogen-bond acceptors (Lipinski definition) is 9. The summed E-state index contributed by atoms with van der Waals surface area (Å²) in [4.78, 5) is 17.9. The predicted molar refractivity (Wildman–Crippen MR) is 124 cm³/mol. The minimum absolute atomic E-state index is 0.0488. The molecule has 1 aromatic carbocycles. The largest absolute Gasteiger partial charge is 0.507 e. The van der Waals surface area contributed by atoms with Crippen molar-refractivity contribution in [2.75, 3.05) is 18.0 Å². The first kappa shape index (κ1) is 25.4. The Morgan fingerprint density at radius 1 is 1.19 bits per heavy atom. The fourth-order valence-electron chi connectivity index (χ4n) is 4.01. The first-order valence-corrected chi connectivity index (χ1v) is 11.2. The number of aromatic nitrogens is 5. The fraction of sp³-hybridized carbons (Fsp3) is 0.435. The van der Waals surface area contributed by atoms with E-state index in [2.05, 4.69) is 51.1 Å². The van der Waals surface area contributed by atoms with Gasteiger partial charge in [0, 0.05) is 43.5 Å². The van der Waals surface area contributed by atoms with Crippen molar-refractivity contribution in [3.63, 3.8) is 0 Å². The van der Waals surface area contributed by atoms with E-state index in [0.29, 0.717) is 24.7 Å². The van der Waals surface area contributed by atoms with Crippen molar-refractivity contribution in [3.8, 4) is 34.0 Å². The minimum Gasteiger partial charge on any atom is -0.507 e. The van der Waals surface area contributed by atoms with E-state index in [-0.39, 0.29) is 28.4 Å². The first-order valence-electron chi connectivity index (χ1n) is 11.2. The molecule has 0 spiro atoms. The number of phenolic OH excluding ortho intramolecular Hbond substituents is 1. The Morgan fingerprint density at radius 3 is 2.53 bits per heavy atom. The van der Waals surface area contributed by atoms with Gasteiger partial charge in [-0.3, -0.25) is 4.68 Å². The molecule has 36 heavy (non-hydrogen) atoms. The van der Waals surface area contributed by atoms with Crippen molar-refractivity contribution in [1.29, 1.82) is 0 Å². The molecule has 1 fully saturated rings. The number of anilines is 1. The first-order chi connectivity index (χ1) is 16.8. The van der Waals surface area contributed by atoms with Gasteiger partial charge in [-0.15, -0.1) is 10.2 Å². The molecule has 10 nitrogen and oxygen atoms in total. The highest BCUT2D eigenvalue weighted by Crippen LogP contribution is 2.41. The molecule has 0 amide bonds. The monoisotopic (exact) mass is 505 g/mol. The van der Waals surface area contributed by atoms with E-state index in [1.165, 1.54) is 23.0 Å². The van der Waals surface area contributed by atoms with Gasteiger partial charge in [0.1, 0.15) is 17.2 Å². The third-order valence-electron chi connectivity index (χ3n) is 5.44.